The number of amides is 1. The van der Waals surface area contributed by atoms with Gasteiger partial charge in [0.05, 0.1) is 13.7 Å². The van der Waals surface area contributed by atoms with Crippen molar-refractivity contribution < 1.29 is 13.9 Å². The first-order valence-electron chi connectivity index (χ1n) is 10.2. The Hall–Kier alpha value is -1.86. The molecule has 0 bridgehead atoms. The van der Waals surface area contributed by atoms with Gasteiger partial charge in [-0.25, -0.2) is 4.39 Å². The predicted molar refractivity (Wildman–Crippen MR) is 126 cm³/mol. The highest BCUT2D eigenvalue weighted by Gasteiger charge is 2.38. The molecule has 2 atom stereocenters. The highest BCUT2D eigenvalue weighted by atomic mass is 35.5. The van der Waals surface area contributed by atoms with Crippen molar-refractivity contribution in [3.63, 3.8) is 0 Å². The lowest BCUT2D eigenvalue weighted by Crippen LogP contribution is -2.49. The zero-order valence-electron chi connectivity index (χ0n) is 17.8. The summed E-state index contributed by atoms with van der Waals surface area (Å²) in [5.74, 6) is 0.869. The molecule has 5 nitrogen and oxygen atoms in total. The molecule has 2 unspecified atom stereocenters. The first-order valence-corrected chi connectivity index (χ1v) is 10.2. The molecule has 0 aromatic heterocycles. The van der Waals surface area contributed by atoms with Crippen LogP contribution in [-0.4, -0.2) is 68.6 Å². The number of carbonyl (C=O) groups is 1. The van der Waals surface area contributed by atoms with Crippen molar-refractivity contribution in [3.8, 4) is 16.9 Å². The van der Waals surface area contributed by atoms with Gasteiger partial charge in [-0.1, -0.05) is 24.3 Å². The van der Waals surface area contributed by atoms with E-state index in [-0.39, 0.29) is 36.5 Å². The van der Waals surface area contributed by atoms with E-state index in [0.717, 1.165) is 43.7 Å². The number of hydrogen-bond acceptors (Lipinski definition) is 4. The Labute approximate surface area is 195 Å². The summed E-state index contributed by atoms with van der Waals surface area (Å²) < 4.78 is 18.7. The molecule has 1 N–H and O–H groups in total. The second-order valence-electron chi connectivity index (χ2n) is 7.98. The molecule has 1 heterocycles. The maximum Gasteiger partial charge on any atom is 0.236 e. The monoisotopic (exact) mass is 469 g/mol. The number of hydrogen-bond donors (Lipinski definition) is 1. The van der Waals surface area contributed by atoms with E-state index < -0.39 is 0 Å². The van der Waals surface area contributed by atoms with Crippen LogP contribution < -0.4 is 10.1 Å². The third kappa shape index (κ3) is 6.10. The first kappa shape index (κ1) is 25.4. The Morgan fingerprint density at radius 1 is 1.10 bits per heavy atom. The van der Waals surface area contributed by atoms with E-state index in [0.29, 0.717) is 24.3 Å². The Kier molecular flexibility index (Phi) is 9.13. The number of methoxy groups -OCH3 is 1. The van der Waals surface area contributed by atoms with E-state index in [1.54, 1.807) is 13.2 Å². The van der Waals surface area contributed by atoms with Gasteiger partial charge >= 0.3 is 0 Å². The second kappa shape index (κ2) is 11.1. The lowest BCUT2D eigenvalue weighted by atomic mass is 10.0. The summed E-state index contributed by atoms with van der Waals surface area (Å²) in [4.78, 5) is 16.6. The lowest BCUT2D eigenvalue weighted by Gasteiger charge is -2.32. The van der Waals surface area contributed by atoms with Gasteiger partial charge in [-0.05, 0) is 36.7 Å². The summed E-state index contributed by atoms with van der Waals surface area (Å²) in [7, 11) is 3.64. The van der Waals surface area contributed by atoms with Crippen molar-refractivity contribution in [3.05, 3.63) is 53.8 Å². The molecule has 4 rings (SSSR count). The quantitative estimate of drug-likeness (QED) is 0.702. The standard InChI is InChI=1S/C23H28FN3O2.2ClH/c1-26-9-11-27(12-10-26)23(28)15-25-21-14-20(21)17-5-3-16(4-6-17)19-8-7-18(24)13-22(19)29-2;;/h3-8,13,20-21,25H,9-12,14-15H2,1-2H3;2*1H. The van der Waals surface area contributed by atoms with Crippen molar-refractivity contribution in [2.24, 2.45) is 0 Å². The minimum atomic E-state index is -0.305. The summed E-state index contributed by atoms with van der Waals surface area (Å²) in [5.41, 5.74) is 3.14. The number of likely N-dealkylation sites (N-methyl/N-ethyl adjacent to an activating group) is 1. The van der Waals surface area contributed by atoms with Gasteiger partial charge in [-0.15, -0.1) is 24.8 Å². The predicted octanol–water partition coefficient (Wildman–Crippen LogP) is 3.56. The van der Waals surface area contributed by atoms with E-state index in [1.165, 1.54) is 17.7 Å². The summed E-state index contributed by atoms with van der Waals surface area (Å²) >= 11 is 0. The fraction of sp³-hybridized carbons (Fsp3) is 0.435. The number of nitrogens with zero attached hydrogens (tertiary/aromatic N) is 2. The van der Waals surface area contributed by atoms with E-state index in [9.17, 15) is 9.18 Å². The number of piperazine rings is 1. The summed E-state index contributed by atoms with van der Waals surface area (Å²) in [6, 6.07) is 13.3. The van der Waals surface area contributed by atoms with Crippen LogP contribution in [0.15, 0.2) is 42.5 Å². The van der Waals surface area contributed by atoms with Crippen LogP contribution in [0.1, 0.15) is 17.9 Å². The molecule has 2 aromatic rings. The topological polar surface area (TPSA) is 44.8 Å². The van der Waals surface area contributed by atoms with E-state index in [4.69, 9.17) is 4.74 Å². The molecule has 0 spiro atoms. The summed E-state index contributed by atoms with van der Waals surface area (Å²) in [6.07, 6.45) is 1.05. The van der Waals surface area contributed by atoms with Crippen molar-refractivity contribution >= 4 is 30.7 Å². The third-order valence-electron chi connectivity index (χ3n) is 5.98. The van der Waals surface area contributed by atoms with Crippen molar-refractivity contribution in [2.45, 2.75) is 18.4 Å². The maximum absolute atomic E-state index is 13.4. The lowest BCUT2D eigenvalue weighted by molar-refractivity contribution is -0.131. The molecule has 2 fully saturated rings. The van der Waals surface area contributed by atoms with Crippen molar-refractivity contribution in [1.82, 2.24) is 15.1 Å². The van der Waals surface area contributed by atoms with Gasteiger partial charge in [0.25, 0.3) is 0 Å². The van der Waals surface area contributed by atoms with E-state index in [2.05, 4.69) is 41.5 Å². The van der Waals surface area contributed by atoms with Gasteiger partial charge in [0.2, 0.25) is 5.91 Å². The zero-order valence-corrected chi connectivity index (χ0v) is 19.5. The van der Waals surface area contributed by atoms with Crippen LogP contribution in [0.5, 0.6) is 5.75 Å². The van der Waals surface area contributed by atoms with Gasteiger partial charge < -0.3 is 19.9 Å². The van der Waals surface area contributed by atoms with Gasteiger partial charge in [-0.2, -0.15) is 0 Å². The van der Waals surface area contributed by atoms with Crippen molar-refractivity contribution in [1.29, 1.82) is 0 Å². The largest absolute Gasteiger partial charge is 0.496 e. The molecule has 170 valence electrons. The summed E-state index contributed by atoms with van der Waals surface area (Å²) in [6.45, 7) is 3.94. The van der Waals surface area contributed by atoms with Crippen LogP contribution in [0.2, 0.25) is 0 Å². The molecular formula is C23H30Cl2FN3O2. The molecule has 31 heavy (non-hydrogen) atoms. The van der Waals surface area contributed by atoms with Crippen LogP contribution in [0.3, 0.4) is 0 Å². The highest BCUT2D eigenvalue weighted by molar-refractivity contribution is 5.85. The molecule has 2 aromatic carbocycles. The smallest absolute Gasteiger partial charge is 0.236 e. The van der Waals surface area contributed by atoms with Crippen LogP contribution in [0, 0.1) is 5.82 Å². The van der Waals surface area contributed by atoms with Gasteiger partial charge in [0.15, 0.2) is 0 Å². The fourth-order valence-electron chi connectivity index (χ4n) is 3.99. The van der Waals surface area contributed by atoms with E-state index in [1.807, 2.05) is 4.90 Å². The molecular weight excluding hydrogens is 440 g/mol. The number of ether oxygens (including phenoxy) is 1. The molecule has 1 aliphatic heterocycles. The second-order valence-corrected chi connectivity index (χ2v) is 7.98. The molecule has 8 heteroatoms. The summed E-state index contributed by atoms with van der Waals surface area (Å²) in [5, 5.41) is 3.42. The van der Waals surface area contributed by atoms with Gasteiger partial charge in [-0.3, -0.25) is 4.79 Å². The Morgan fingerprint density at radius 2 is 1.77 bits per heavy atom. The molecule has 1 aliphatic carbocycles. The van der Waals surface area contributed by atoms with E-state index >= 15 is 0 Å². The third-order valence-corrected chi connectivity index (χ3v) is 5.98. The molecule has 1 saturated carbocycles. The normalized spacial score (nSPS) is 20.4. The fourth-order valence-corrected chi connectivity index (χ4v) is 3.99. The number of nitrogens with one attached hydrogen (secondary N) is 1. The molecule has 1 amide bonds. The number of benzene rings is 2. The minimum absolute atomic E-state index is 0. The molecule has 1 saturated heterocycles. The highest BCUT2D eigenvalue weighted by Crippen LogP contribution is 2.41. The van der Waals surface area contributed by atoms with Crippen LogP contribution >= 0.6 is 24.8 Å². The van der Waals surface area contributed by atoms with Crippen LogP contribution in [-0.2, 0) is 4.79 Å². The Bertz CT molecular complexity index is 874. The first-order chi connectivity index (χ1) is 14.0. The van der Waals surface area contributed by atoms with Crippen LogP contribution in [0.25, 0.3) is 11.1 Å². The van der Waals surface area contributed by atoms with Crippen LogP contribution in [0.4, 0.5) is 4.39 Å². The maximum atomic E-state index is 13.4. The minimum Gasteiger partial charge on any atom is -0.496 e. The average Bonchev–Trinajstić information content (AvgIpc) is 3.52. The number of halogens is 3. The SMILES string of the molecule is COc1cc(F)ccc1-c1ccc(C2CC2NCC(=O)N2CCN(C)CC2)cc1.Cl.Cl. The molecule has 2 aliphatic rings. The van der Waals surface area contributed by atoms with Gasteiger partial charge in [0.1, 0.15) is 11.6 Å². The zero-order chi connectivity index (χ0) is 20.4. The average molecular weight is 470 g/mol. The molecule has 0 radical (unpaired) electrons. The van der Waals surface area contributed by atoms with Crippen molar-refractivity contribution in [2.75, 3.05) is 46.9 Å². The Morgan fingerprint density at radius 3 is 2.42 bits per heavy atom. The number of carbonyl (C=O) groups excluding carboxylic acids is 1. The Balaban J connectivity index is 0.00000171. The number of rotatable bonds is 6. The van der Waals surface area contributed by atoms with Gasteiger partial charge in [0, 0.05) is 49.8 Å².